The van der Waals surface area contributed by atoms with Crippen LogP contribution >= 0.6 is 12.2 Å². The zero-order valence-corrected chi connectivity index (χ0v) is 10.2. The van der Waals surface area contributed by atoms with Gasteiger partial charge in [0.15, 0.2) is 5.11 Å². The van der Waals surface area contributed by atoms with Gasteiger partial charge in [-0.05, 0) is 39.9 Å². The van der Waals surface area contributed by atoms with Gasteiger partial charge in [0.1, 0.15) is 0 Å². The molecule has 1 N–H and O–H groups in total. The van der Waals surface area contributed by atoms with Gasteiger partial charge in [-0.1, -0.05) is 0 Å². The number of hydrogen-bond acceptors (Lipinski definition) is 2. The van der Waals surface area contributed by atoms with Gasteiger partial charge in [0.25, 0.3) is 0 Å². The predicted octanol–water partition coefficient (Wildman–Crippen LogP) is 1.38. The fourth-order valence-electron chi connectivity index (χ4n) is 1.68. The van der Waals surface area contributed by atoms with Crippen LogP contribution in [0.3, 0.4) is 0 Å². The van der Waals surface area contributed by atoms with E-state index in [0.29, 0.717) is 6.04 Å². The molecule has 1 heterocycles. The summed E-state index contributed by atoms with van der Waals surface area (Å²) in [7, 11) is 0. The van der Waals surface area contributed by atoms with E-state index in [1.54, 1.807) is 0 Å². The minimum atomic E-state index is 0.269. The molecule has 3 nitrogen and oxygen atoms in total. The monoisotopic (exact) mass is 216 g/mol. The average molecular weight is 216 g/mol. The summed E-state index contributed by atoms with van der Waals surface area (Å²) in [6.45, 7) is 10.1. The molecule has 1 aliphatic rings. The molecule has 1 saturated heterocycles. The molecule has 1 aliphatic heterocycles. The first-order valence-corrected chi connectivity index (χ1v) is 5.60. The molecule has 0 aromatic carbocycles. The van der Waals surface area contributed by atoms with Gasteiger partial charge in [0.2, 0.25) is 0 Å². The second-order valence-electron chi connectivity index (χ2n) is 4.27. The highest BCUT2D eigenvalue weighted by Crippen LogP contribution is 2.10. The zero-order valence-electron chi connectivity index (χ0n) is 9.41. The van der Waals surface area contributed by atoms with Crippen molar-refractivity contribution in [3.05, 3.63) is 0 Å². The minimum Gasteiger partial charge on any atom is -0.372 e. The van der Waals surface area contributed by atoms with E-state index >= 15 is 0 Å². The van der Waals surface area contributed by atoms with Crippen molar-refractivity contribution in [3.63, 3.8) is 0 Å². The molecule has 1 fully saturated rings. The van der Waals surface area contributed by atoms with Crippen LogP contribution in [0.2, 0.25) is 0 Å². The third-order valence-electron chi connectivity index (χ3n) is 2.12. The highest BCUT2D eigenvalue weighted by atomic mass is 32.1. The van der Waals surface area contributed by atoms with Crippen LogP contribution < -0.4 is 5.32 Å². The molecule has 2 atom stereocenters. The zero-order chi connectivity index (χ0) is 10.7. The largest absolute Gasteiger partial charge is 0.372 e. The summed E-state index contributed by atoms with van der Waals surface area (Å²) in [5.74, 6) is 0. The number of morpholine rings is 1. The van der Waals surface area contributed by atoms with E-state index in [-0.39, 0.29) is 12.2 Å². The Hall–Kier alpha value is -0.350. The number of nitrogens with one attached hydrogen (secondary N) is 1. The van der Waals surface area contributed by atoms with Gasteiger partial charge in [-0.2, -0.15) is 0 Å². The van der Waals surface area contributed by atoms with Crippen molar-refractivity contribution in [2.24, 2.45) is 0 Å². The van der Waals surface area contributed by atoms with E-state index in [1.165, 1.54) is 0 Å². The molecule has 0 radical (unpaired) electrons. The first-order valence-electron chi connectivity index (χ1n) is 5.20. The Kier molecular flexibility index (Phi) is 4.13. The van der Waals surface area contributed by atoms with Crippen molar-refractivity contribution in [1.29, 1.82) is 0 Å². The third-order valence-corrected chi connectivity index (χ3v) is 2.50. The molecule has 0 amide bonds. The first-order chi connectivity index (χ1) is 6.49. The van der Waals surface area contributed by atoms with Crippen LogP contribution in [-0.2, 0) is 4.74 Å². The van der Waals surface area contributed by atoms with E-state index in [0.717, 1.165) is 18.2 Å². The molecule has 0 spiro atoms. The van der Waals surface area contributed by atoms with Gasteiger partial charge in [0.05, 0.1) is 12.2 Å². The maximum Gasteiger partial charge on any atom is 0.169 e. The molecule has 4 heteroatoms. The Morgan fingerprint density at radius 3 is 2.29 bits per heavy atom. The maximum atomic E-state index is 5.64. The lowest BCUT2D eigenvalue weighted by Gasteiger charge is -2.37. The lowest BCUT2D eigenvalue weighted by molar-refractivity contribution is -0.0482. The molecule has 0 bridgehead atoms. The SMILES string of the molecule is CC(C)NC(=S)N1C[C@@H](C)O[C@@H](C)C1. The molecule has 0 aliphatic carbocycles. The van der Waals surface area contributed by atoms with Crippen LogP contribution in [0.4, 0.5) is 0 Å². The highest BCUT2D eigenvalue weighted by molar-refractivity contribution is 7.80. The van der Waals surface area contributed by atoms with Crippen LogP contribution in [-0.4, -0.2) is 41.4 Å². The van der Waals surface area contributed by atoms with Crippen LogP contribution in [0.15, 0.2) is 0 Å². The standard InChI is InChI=1S/C10H20N2OS/c1-7(2)11-10(14)12-5-8(3)13-9(4)6-12/h7-9H,5-6H2,1-4H3,(H,11,14)/t8-,9+. The number of ether oxygens (including phenoxy) is 1. The van der Waals surface area contributed by atoms with E-state index in [1.807, 2.05) is 0 Å². The van der Waals surface area contributed by atoms with Gasteiger partial charge in [-0.15, -0.1) is 0 Å². The van der Waals surface area contributed by atoms with Crippen molar-refractivity contribution in [3.8, 4) is 0 Å². The molecule has 82 valence electrons. The Bertz CT molecular complexity index is 198. The van der Waals surface area contributed by atoms with E-state index < -0.39 is 0 Å². The second kappa shape index (κ2) is 4.94. The molecule has 0 saturated carbocycles. The van der Waals surface area contributed by atoms with Gasteiger partial charge in [-0.25, -0.2) is 0 Å². The number of nitrogens with zero attached hydrogens (tertiary/aromatic N) is 1. The van der Waals surface area contributed by atoms with E-state index in [4.69, 9.17) is 17.0 Å². The van der Waals surface area contributed by atoms with E-state index in [2.05, 4.69) is 37.9 Å². The molecule has 14 heavy (non-hydrogen) atoms. The molecule has 1 rings (SSSR count). The Balaban J connectivity index is 2.46. The Morgan fingerprint density at radius 1 is 1.36 bits per heavy atom. The summed E-state index contributed by atoms with van der Waals surface area (Å²) in [6.07, 6.45) is 0.538. The lowest BCUT2D eigenvalue weighted by atomic mass is 10.2. The van der Waals surface area contributed by atoms with Crippen LogP contribution in [0.1, 0.15) is 27.7 Å². The fraction of sp³-hybridized carbons (Fsp3) is 0.900. The summed E-state index contributed by atoms with van der Waals surface area (Å²) in [5, 5.41) is 4.10. The number of thiocarbonyl (C=S) groups is 1. The summed E-state index contributed by atoms with van der Waals surface area (Å²) in [6, 6.07) is 0.399. The predicted molar refractivity (Wildman–Crippen MR) is 62.5 cm³/mol. The van der Waals surface area contributed by atoms with Crippen molar-refractivity contribution >= 4 is 17.3 Å². The van der Waals surface area contributed by atoms with Crippen molar-refractivity contribution in [2.45, 2.75) is 45.9 Å². The first kappa shape index (κ1) is 11.7. The van der Waals surface area contributed by atoms with Crippen LogP contribution in [0.25, 0.3) is 0 Å². The Morgan fingerprint density at radius 2 is 1.86 bits per heavy atom. The van der Waals surface area contributed by atoms with Gasteiger partial charge < -0.3 is 15.0 Å². The highest BCUT2D eigenvalue weighted by Gasteiger charge is 2.23. The molecule has 0 aromatic heterocycles. The maximum absolute atomic E-state index is 5.64. The quantitative estimate of drug-likeness (QED) is 0.669. The summed E-state index contributed by atoms with van der Waals surface area (Å²) in [5.41, 5.74) is 0. The molecular weight excluding hydrogens is 196 g/mol. The summed E-state index contributed by atoms with van der Waals surface area (Å²) in [4.78, 5) is 2.19. The third kappa shape index (κ3) is 3.42. The van der Waals surface area contributed by atoms with Crippen LogP contribution in [0, 0.1) is 0 Å². The molecule has 0 aromatic rings. The topological polar surface area (TPSA) is 24.5 Å². The fourth-order valence-corrected chi connectivity index (χ4v) is 2.07. The minimum absolute atomic E-state index is 0.269. The van der Waals surface area contributed by atoms with Crippen molar-refractivity contribution in [2.75, 3.05) is 13.1 Å². The van der Waals surface area contributed by atoms with Crippen molar-refractivity contribution < 1.29 is 4.74 Å². The van der Waals surface area contributed by atoms with Gasteiger partial charge in [-0.3, -0.25) is 0 Å². The Labute approximate surface area is 91.8 Å². The lowest BCUT2D eigenvalue weighted by Crippen LogP contribution is -2.52. The summed E-state index contributed by atoms with van der Waals surface area (Å²) < 4.78 is 5.64. The van der Waals surface area contributed by atoms with Crippen molar-refractivity contribution in [1.82, 2.24) is 10.2 Å². The molecule has 0 unspecified atom stereocenters. The normalized spacial score (nSPS) is 27.9. The number of rotatable bonds is 1. The average Bonchev–Trinajstić information content (AvgIpc) is 2.00. The second-order valence-corrected chi connectivity index (χ2v) is 4.65. The molecular formula is C10H20N2OS. The summed E-state index contributed by atoms with van der Waals surface area (Å²) >= 11 is 5.32. The smallest absolute Gasteiger partial charge is 0.169 e. The van der Waals surface area contributed by atoms with Gasteiger partial charge in [0, 0.05) is 19.1 Å². The van der Waals surface area contributed by atoms with E-state index in [9.17, 15) is 0 Å². The number of hydrogen-bond donors (Lipinski definition) is 1. The van der Waals surface area contributed by atoms with Gasteiger partial charge >= 0.3 is 0 Å². The van der Waals surface area contributed by atoms with Crippen LogP contribution in [0.5, 0.6) is 0 Å².